The zero-order valence-electron chi connectivity index (χ0n) is 18.5. The lowest BCUT2D eigenvalue weighted by atomic mass is 10.0. The lowest BCUT2D eigenvalue weighted by molar-refractivity contribution is -0.245. The van der Waals surface area contributed by atoms with Crippen LogP contribution in [0.15, 0.2) is 12.1 Å². The topological polar surface area (TPSA) is 141 Å². The van der Waals surface area contributed by atoms with Crippen molar-refractivity contribution in [2.75, 3.05) is 7.11 Å². The highest BCUT2D eigenvalue weighted by Gasteiger charge is 2.48. The predicted molar refractivity (Wildman–Crippen MR) is 105 cm³/mol. The van der Waals surface area contributed by atoms with Crippen LogP contribution in [0.1, 0.15) is 43.6 Å². The zero-order valence-corrected chi connectivity index (χ0v) is 18.5. The Morgan fingerprint density at radius 3 is 2.06 bits per heavy atom. The molecule has 0 saturated carbocycles. The van der Waals surface area contributed by atoms with Crippen LogP contribution in [-0.4, -0.2) is 61.4 Å². The van der Waals surface area contributed by atoms with E-state index in [0.717, 1.165) is 13.8 Å². The maximum absolute atomic E-state index is 13.0. The molecule has 1 heterocycles. The van der Waals surface area contributed by atoms with Crippen molar-refractivity contribution in [1.29, 1.82) is 0 Å². The molecule has 1 saturated heterocycles. The van der Waals surface area contributed by atoms with Crippen molar-refractivity contribution in [2.24, 2.45) is 0 Å². The molecule has 4 atom stereocenters. The molecule has 1 aromatic rings. The summed E-state index contributed by atoms with van der Waals surface area (Å²) in [5, 5.41) is 0. The van der Waals surface area contributed by atoms with E-state index in [0.29, 0.717) is 0 Å². The minimum absolute atomic E-state index is 0.0473. The molecular formula is C21H24O11. The first-order valence-corrected chi connectivity index (χ1v) is 9.56. The highest BCUT2D eigenvalue weighted by molar-refractivity contribution is 5.99. The van der Waals surface area contributed by atoms with Crippen LogP contribution in [-0.2, 0) is 38.1 Å². The number of ketones is 1. The molecule has 0 N–H and O–H groups in total. The molecule has 0 spiro atoms. The summed E-state index contributed by atoms with van der Waals surface area (Å²) in [4.78, 5) is 60.0. The van der Waals surface area contributed by atoms with E-state index in [9.17, 15) is 24.0 Å². The Morgan fingerprint density at radius 1 is 0.906 bits per heavy atom. The number of hydrogen-bond acceptors (Lipinski definition) is 11. The minimum Gasteiger partial charge on any atom is -0.449 e. The van der Waals surface area contributed by atoms with Gasteiger partial charge in [-0.3, -0.25) is 19.2 Å². The average molecular weight is 452 g/mol. The number of ether oxygens (including phenoxy) is 6. The number of Topliss-reactive ketones (excluding diaryl/α,β-unsaturated/α-hetero) is 1. The van der Waals surface area contributed by atoms with Crippen molar-refractivity contribution in [2.45, 2.75) is 59.2 Å². The van der Waals surface area contributed by atoms with Gasteiger partial charge in [0.25, 0.3) is 0 Å². The van der Waals surface area contributed by atoms with Crippen molar-refractivity contribution < 1.29 is 52.4 Å². The maximum Gasteiger partial charge on any atom is 0.343 e. The fraction of sp³-hybridized carbons (Fsp3) is 0.476. The monoisotopic (exact) mass is 452 g/mol. The van der Waals surface area contributed by atoms with E-state index < -0.39 is 54.3 Å². The van der Waals surface area contributed by atoms with Gasteiger partial charge in [0.15, 0.2) is 6.10 Å². The number of carbonyl (C=O) groups is 5. The third-order valence-electron chi connectivity index (χ3n) is 4.33. The fourth-order valence-electron chi connectivity index (χ4n) is 3.13. The second-order valence-electron chi connectivity index (χ2n) is 7.00. The summed E-state index contributed by atoms with van der Waals surface area (Å²) in [6, 6.07) is 2.55. The van der Waals surface area contributed by atoms with Gasteiger partial charge in [0, 0.05) is 33.9 Å². The molecule has 11 nitrogen and oxygen atoms in total. The van der Waals surface area contributed by atoms with Gasteiger partial charge in [0.05, 0.1) is 0 Å². The lowest BCUT2D eigenvalue weighted by Gasteiger charge is -2.36. The Bertz CT molecular complexity index is 936. The molecule has 0 amide bonds. The number of aryl methyl sites for hydroxylation is 1. The van der Waals surface area contributed by atoms with Crippen LogP contribution in [0.2, 0.25) is 0 Å². The van der Waals surface area contributed by atoms with Gasteiger partial charge in [0.1, 0.15) is 23.2 Å². The van der Waals surface area contributed by atoms with E-state index >= 15 is 0 Å². The Balaban J connectivity index is 2.37. The molecule has 0 unspecified atom stereocenters. The summed E-state index contributed by atoms with van der Waals surface area (Å²) in [7, 11) is 1.27. The highest BCUT2D eigenvalue weighted by Crippen LogP contribution is 2.31. The van der Waals surface area contributed by atoms with E-state index in [-0.39, 0.29) is 22.6 Å². The number of carbonyl (C=O) groups excluding carboxylic acids is 5. The summed E-state index contributed by atoms with van der Waals surface area (Å²) >= 11 is 0. The van der Waals surface area contributed by atoms with Gasteiger partial charge in [-0.25, -0.2) is 4.79 Å². The molecular weight excluding hydrogens is 428 g/mol. The van der Waals surface area contributed by atoms with Gasteiger partial charge in [0.2, 0.25) is 18.2 Å². The fourth-order valence-corrected chi connectivity index (χ4v) is 3.13. The molecule has 1 aliphatic rings. The SMILES string of the molecule is CO[C@H]1O[C@H](C)[C@@H](OC(=O)c2c(C)cc(OC(C)=O)cc2OC(C)=O)C(=O)[C@H]1OC(C)=O. The number of methoxy groups -OCH3 is 1. The second kappa shape index (κ2) is 10.3. The first-order valence-electron chi connectivity index (χ1n) is 9.56. The number of esters is 4. The number of hydrogen-bond donors (Lipinski definition) is 0. The molecule has 1 aliphatic heterocycles. The molecule has 174 valence electrons. The first-order chi connectivity index (χ1) is 14.9. The van der Waals surface area contributed by atoms with Gasteiger partial charge in [-0.1, -0.05) is 0 Å². The second-order valence-corrected chi connectivity index (χ2v) is 7.00. The molecule has 32 heavy (non-hydrogen) atoms. The van der Waals surface area contributed by atoms with E-state index in [2.05, 4.69) is 0 Å². The molecule has 1 fully saturated rings. The van der Waals surface area contributed by atoms with E-state index in [4.69, 9.17) is 28.4 Å². The Kier molecular flexibility index (Phi) is 8.06. The Morgan fingerprint density at radius 2 is 1.53 bits per heavy atom. The third kappa shape index (κ3) is 5.89. The predicted octanol–water partition coefficient (Wildman–Crippen LogP) is 1.26. The summed E-state index contributed by atoms with van der Waals surface area (Å²) < 4.78 is 31.0. The summed E-state index contributed by atoms with van der Waals surface area (Å²) in [5.41, 5.74) is 0.0992. The molecule has 0 aromatic heterocycles. The van der Waals surface area contributed by atoms with Gasteiger partial charge in [-0.2, -0.15) is 0 Å². The van der Waals surface area contributed by atoms with Crippen LogP contribution in [0.25, 0.3) is 0 Å². The zero-order chi connectivity index (χ0) is 24.2. The van der Waals surface area contributed by atoms with Crippen molar-refractivity contribution >= 4 is 29.7 Å². The van der Waals surface area contributed by atoms with Gasteiger partial charge in [-0.15, -0.1) is 0 Å². The van der Waals surface area contributed by atoms with Crippen LogP contribution in [0.4, 0.5) is 0 Å². The van der Waals surface area contributed by atoms with Gasteiger partial charge >= 0.3 is 23.9 Å². The normalized spacial score (nSPS) is 22.6. The van der Waals surface area contributed by atoms with E-state index in [1.165, 1.54) is 40.0 Å². The maximum atomic E-state index is 13.0. The lowest BCUT2D eigenvalue weighted by Crippen LogP contribution is -2.57. The van der Waals surface area contributed by atoms with Crippen LogP contribution in [0, 0.1) is 6.92 Å². The van der Waals surface area contributed by atoms with Crippen LogP contribution in [0.5, 0.6) is 11.5 Å². The number of benzene rings is 1. The molecule has 1 aromatic carbocycles. The summed E-state index contributed by atoms with van der Waals surface area (Å²) in [6.07, 6.45) is -4.97. The third-order valence-corrected chi connectivity index (χ3v) is 4.33. The molecule has 2 rings (SSSR count). The van der Waals surface area contributed by atoms with Crippen LogP contribution < -0.4 is 9.47 Å². The van der Waals surface area contributed by atoms with Gasteiger partial charge in [-0.05, 0) is 25.5 Å². The standard InChI is InChI=1S/C21H24O11/c1-9-7-14(29-11(3)22)8-15(30-12(4)23)16(9)20(26)32-18-10(2)28-21(27-6)19(17(18)25)31-13(5)24/h7-8,10,18-19,21H,1-6H3/t10-,18-,19-,21+/m1/s1. The van der Waals surface area contributed by atoms with Crippen molar-refractivity contribution in [3.63, 3.8) is 0 Å². The highest BCUT2D eigenvalue weighted by atomic mass is 16.7. The van der Waals surface area contributed by atoms with E-state index in [1.54, 1.807) is 0 Å². The minimum atomic E-state index is -1.44. The molecule has 0 aliphatic carbocycles. The molecule has 0 radical (unpaired) electrons. The Hall–Kier alpha value is -3.31. The van der Waals surface area contributed by atoms with Crippen LogP contribution >= 0.6 is 0 Å². The number of rotatable bonds is 6. The van der Waals surface area contributed by atoms with Crippen molar-refractivity contribution in [3.8, 4) is 11.5 Å². The van der Waals surface area contributed by atoms with Gasteiger partial charge < -0.3 is 28.4 Å². The largest absolute Gasteiger partial charge is 0.449 e. The first kappa shape index (κ1) is 25.0. The quantitative estimate of drug-likeness (QED) is 0.455. The van der Waals surface area contributed by atoms with E-state index in [1.807, 2.05) is 0 Å². The average Bonchev–Trinajstić information content (AvgIpc) is 2.65. The smallest absolute Gasteiger partial charge is 0.343 e. The Labute approximate surface area is 183 Å². The molecule has 0 bridgehead atoms. The van der Waals surface area contributed by atoms with Crippen molar-refractivity contribution in [1.82, 2.24) is 0 Å². The summed E-state index contributed by atoms with van der Waals surface area (Å²) in [6.45, 7) is 6.40. The summed E-state index contributed by atoms with van der Waals surface area (Å²) in [5.74, 6) is -4.00. The van der Waals surface area contributed by atoms with Crippen LogP contribution in [0.3, 0.4) is 0 Å². The molecule has 11 heteroatoms. The van der Waals surface area contributed by atoms with Crippen molar-refractivity contribution in [3.05, 3.63) is 23.3 Å².